The minimum Gasteiger partial charge on any atom is -0.309 e. The van der Waals surface area contributed by atoms with E-state index >= 15 is 0 Å². The van der Waals surface area contributed by atoms with Gasteiger partial charge >= 0.3 is 0 Å². The van der Waals surface area contributed by atoms with Crippen LogP contribution >= 0.6 is 0 Å². The summed E-state index contributed by atoms with van der Waals surface area (Å²) in [5, 5.41) is 19.5. The molecule has 0 aliphatic rings. The number of hydrogen-bond donors (Lipinski definition) is 0. The number of nitrogens with zero attached hydrogens (tertiary/aromatic N) is 4. The maximum Gasteiger partial charge on any atom is 0.168 e. The lowest BCUT2D eigenvalue weighted by Crippen LogP contribution is -2.01. The highest BCUT2D eigenvalue weighted by Crippen LogP contribution is 2.41. The Bertz CT molecular complexity index is 2750. The van der Waals surface area contributed by atoms with E-state index in [4.69, 9.17) is 0 Å². The molecule has 0 aliphatic carbocycles. The van der Waals surface area contributed by atoms with Crippen LogP contribution in [0.25, 0.3) is 88.3 Å². The van der Waals surface area contributed by atoms with Crippen molar-refractivity contribution in [1.82, 2.24) is 19.3 Å². The molecule has 4 heteroatoms. The lowest BCUT2D eigenvalue weighted by molar-refractivity contribution is 1.07. The summed E-state index contributed by atoms with van der Waals surface area (Å²) in [4.78, 5) is 0. The van der Waals surface area contributed by atoms with Crippen molar-refractivity contribution >= 4 is 54.1 Å². The topological polar surface area (TPSA) is 35.6 Å². The van der Waals surface area contributed by atoms with Crippen molar-refractivity contribution < 1.29 is 0 Å². The zero-order valence-electron chi connectivity index (χ0n) is 26.0. The van der Waals surface area contributed by atoms with E-state index in [1.54, 1.807) is 0 Å². The molecule has 0 amide bonds. The van der Waals surface area contributed by atoms with E-state index in [-0.39, 0.29) is 0 Å². The van der Waals surface area contributed by atoms with E-state index in [1.807, 2.05) is 36.4 Å². The van der Waals surface area contributed by atoms with Crippen LogP contribution in [0, 0.1) is 0 Å². The fourth-order valence-electron chi connectivity index (χ4n) is 7.47. The van der Waals surface area contributed by atoms with E-state index in [9.17, 15) is 0 Å². The van der Waals surface area contributed by atoms with Gasteiger partial charge in [-0.1, -0.05) is 127 Å². The zero-order valence-corrected chi connectivity index (χ0v) is 26.0. The zero-order chi connectivity index (χ0) is 31.6. The van der Waals surface area contributed by atoms with Gasteiger partial charge in [-0.15, -0.1) is 10.2 Å². The molecule has 0 aliphatic heterocycles. The van der Waals surface area contributed by atoms with Crippen LogP contribution in [0.15, 0.2) is 170 Å². The van der Waals surface area contributed by atoms with E-state index in [2.05, 4.69) is 153 Å². The third kappa shape index (κ3) is 3.96. The minimum absolute atomic E-state index is 0.810. The molecule has 8 aromatic carbocycles. The van der Waals surface area contributed by atoms with Crippen LogP contribution in [0.5, 0.6) is 0 Å². The molecule has 224 valence electrons. The van der Waals surface area contributed by atoms with E-state index < -0.39 is 0 Å². The molecule has 0 fully saturated rings. The van der Waals surface area contributed by atoms with Crippen LogP contribution < -0.4 is 0 Å². The maximum atomic E-state index is 4.68. The van der Waals surface area contributed by atoms with E-state index in [0.29, 0.717) is 0 Å². The standard InChI is InChI=1S/C44H28N4/c1-3-13-29(14-4-1)43-45-46-44(30-15-5-2-6-16-30)48(43)32-25-23-31(24-26-32)47-41-22-12-11-21-37(41)40-27-38-35-19-9-7-17-33(35)34-18-8-10-20-36(34)39(38)28-42(40)47/h1-28H. The van der Waals surface area contributed by atoms with Gasteiger partial charge in [-0.3, -0.25) is 4.57 Å². The second kappa shape index (κ2) is 10.5. The number of fused-ring (bicyclic) bond motifs is 9. The van der Waals surface area contributed by atoms with Crippen LogP contribution in [0.1, 0.15) is 0 Å². The van der Waals surface area contributed by atoms with Crippen LogP contribution in [0.2, 0.25) is 0 Å². The quantitative estimate of drug-likeness (QED) is 0.185. The number of aromatic nitrogens is 4. The molecule has 0 spiro atoms. The maximum absolute atomic E-state index is 4.68. The summed E-state index contributed by atoms with van der Waals surface area (Å²) >= 11 is 0. The number of hydrogen-bond acceptors (Lipinski definition) is 2. The molecule has 2 aromatic heterocycles. The molecule has 4 nitrogen and oxygen atoms in total. The Morgan fingerprint density at radius 1 is 0.292 bits per heavy atom. The summed E-state index contributed by atoms with van der Waals surface area (Å²) in [6.07, 6.45) is 0. The minimum atomic E-state index is 0.810. The van der Waals surface area contributed by atoms with Gasteiger partial charge in [0.25, 0.3) is 0 Å². The van der Waals surface area contributed by atoms with Crippen molar-refractivity contribution in [1.29, 1.82) is 0 Å². The molecule has 48 heavy (non-hydrogen) atoms. The number of para-hydroxylation sites is 1. The SMILES string of the molecule is c1ccc(-c2nnc(-c3ccccc3)n2-c2ccc(-n3c4ccccc4c4cc5c6ccccc6c6ccccc6c5cc43)cc2)cc1. The Morgan fingerprint density at radius 3 is 1.25 bits per heavy atom. The van der Waals surface area contributed by atoms with Gasteiger partial charge in [0.05, 0.1) is 11.0 Å². The Kier molecular flexibility index (Phi) is 5.84. The molecule has 0 radical (unpaired) electrons. The molecule has 0 unspecified atom stereocenters. The highest BCUT2D eigenvalue weighted by Gasteiger charge is 2.19. The second-order valence-electron chi connectivity index (χ2n) is 12.3. The average molecular weight is 613 g/mol. The molecule has 10 aromatic rings. The molecule has 2 heterocycles. The fraction of sp³-hybridized carbons (Fsp3) is 0. The van der Waals surface area contributed by atoms with Crippen molar-refractivity contribution in [3.8, 4) is 34.2 Å². The summed E-state index contributed by atoms with van der Waals surface area (Å²) in [5.74, 6) is 1.62. The molecular weight excluding hydrogens is 585 g/mol. The van der Waals surface area contributed by atoms with E-state index in [0.717, 1.165) is 34.2 Å². The van der Waals surface area contributed by atoms with Crippen molar-refractivity contribution in [3.05, 3.63) is 170 Å². The van der Waals surface area contributed by atoms with E-state index in [1.165, 1.54) is 54.1 Å². The summed E-state index contributed by atoms with van der Waals surface area (Å²) < 4.78 is 4.56. The fourth-order valence-corrected chi connectivity index (χ4v) is 7.47. The molecule has 0 saturated carbocycles. The first-order valence-electron chi connectivity index (χ1n) is 16.3. The summed E-state index contributed by atoms with van der Waals surface area (Å²) in [7, 11) is 0. The summed E-state index contributed by atoms with van der Waals surface area (Å²) in [6.45, 7) is 0. The highest BCUT2D eigenvalue weighted by molar-refractivity contribution is 6.28. The van der Waals surface area contributed by atoms with Gasteiger partial charge in [-0.05, 0) is 74.8 Å². The van der Waals surface area contributed by atoms with Gasteiger partial charge in [0.2, 0.25) is 0 Å². The molecule has 0 N–H and O–H groups in total. The molecule has 0 bridgehead atoms. The number of rotatable bonds is 4. The second-order valence-corrected chi connectivity index (χ2v) is 12.3. The summed E-state index contributed by atoms with van der Waals surface area (Å²) in [6, 6.07) is 60.4. The predicted octanol–water partition coefficient (Wildman–Crippen LogP) is 11.2. The van der Waals surface area contributed by atoms with Crippen LogP contribution in [-0.4, -0.2) is 19.3 Å². The highest BCUT2D eigenvalue weighted by atomic mass is 15.3. The lowest BCUT2D eigenvalue weighted by atomic mass is 9.93. The van der Waals surface area contributed by atoms with Gasteiger partial charge in [-0.2, -0.15) is 0 Å². The van der Waals surface area contributed by atoms with Crippen LogP contribution in [0.4, 0.5) is 0 Å². The molecule has 0 saturated heterocycles. The molecule has 0 atom stereocenters. The third-order valence-electron chi connectivity index (χ3n) is 9.63. The largest absolute Gasteiger partial charge is 0.309 e. The Morgan fingerprint density at radius 2 is 0.708 bits per heavy atom. The van der Waals surface area contributed by atoms with Crippen molar-refractivity contribution in [2.24, 2.45) is 0 Å². The monoisotopic (exact) mass is 612 g/mol. The Balaban J connectivity index is 1.21. The van der Waals surface area contributed by atoms with Gasteiger partial charge < -0.3 is 4.57 Å². The predicted molar refractivity (Wildman–Crippen MR) is 199 cm³/mol. The molecular formula is C44H28N4. The van der Waals surface area contributed by atoms with Gasteiger partial charge in [0.15, 0.2) is 11.6 Å². The first-order chi connectivity index (χ1) is 23.8. The Hall–Kier alpha value is -6.52. The van der Waals surface area contributed by atoms with Crippen molar-refractivity contribution in [2.45, 2.75) is 0 Å². The first kappa shape index (κ1) is 26.7. The Labute approximate surface area is 276 Å². The van der Waals surface area contributed by atoms with Gasteiger partial charge in [0.1, 0.15) is 0 Å². The first-order valence-corrected chi connectivity index (χ1v) is 16.3. The van der Waals surface area contributed by atoms with Crippen molar-refractivity contribution in [2.75, 3.05) is 0 Å². The third-order valence-corrected chi connectivity index (χ3v) is 9.63. The van der Waals surface area contributed by atoms with Crippen LogP contribution in [0.3, 0.4) is 0 Å². The summed E-state index contributed by atoms with van der Waals surface area (Å²) in [5.41, 5.74) is 6.52. The number of benzene rings is 8. The normalized spacial score (nSPS) is 11.8. The lowest BCUT2D eigenvalue weighted by Gasteiger charge is -2.14. The van der Waals surface area contributed by atoms with Crippen LogP contribution in [-0.2, 0) is 0 Å². The smallest absolute Gasteiger partial charge is 0.168 e. The van der Waals surface area contributed by atoms with Crippen molar-refractivity contribution in [3.63, 3.8) is 0 Å². The molecule has 10 rings (SSSR count). The average Bonchev–Trinajstić information content (AvgIpc) is 3.75. The van der Waals surface area contributed by atoms with Gasteiger partial charge in [-0.25, -0.2) is 0 Å². The van der Waals surface area contributed by atoms with Gasteiger partial charge in [0, 0.05) is 33.3 Å².